The quantitative estimate of drug-likeness (QED) is 0.726. The van der Waals surface area contributed by atoms with Crippen molar-refractivity contribution >= 4 is 11.9 Å². The number of carbonyl (C=O) groups is 2. The minimum Gasteiger partial charge on any atom is -0.459 e. The maximum atomic E-state index is 11.6. The molecule has 5 nitrogen and oxygen atoms in total. The van der Waals surface area contributed by atoms with Crippen LogP contribution in [0.15, 0.2) is 0 Å². The second-order valence-corrected chi connectivity index (χ2v) is 5.25. The Morgan fingerprint density at radius 2 is 1.82 bits per heavy atom. The fourth-order valence-electron chi connectivity index (χ4n) is 1.09. The maximum Gasteiger partial charge on any atom is 0.323 e. The lowest BCUT2D eigenvalue weighted by atomic mass is 10.2. The molecule has 1 N–H and O–H groups in total. The van der Waals surface area contributed by atoms with Crippen LogP contribution in [0.5, 0.6) is 0 Å². The summed E-state index contributed by atoms with van der Waals surface area (Å²) in [6.45, 7) is 7.68. The summed E-state index contributed by atoms with van der Waals surface area (Å²) in [4.78, 5) is 24.4. The number of ether oxygens (including phenoxy) is 1. The first-order chi connectivity index (χ1) is 7.63. The zero-order valence-electron chi connectivity index (χ0n) is 11.7. The predicted octanol–water partition coefficient (Wildman–Crippen LogP) is 0.785. The Labute approximate surface area is 103 Å². The molecule has 0 radical (unpaired) electrons. The number of esters is 1. The largest absolute Gasteiger partial charge is 0.459 e. The van der Waals surface area contributed by atoms with Gasteiger partial charge >= 0.3 is 5.97 Å². The van der Waals surface area contributed by atoms with Crippen LogP contribution in [0.25, 0.3) is 0 Å². The van der Waals surface area contributed by atoms with Crippen LogP contribution < -0.4 is 5.32 Å². The highest BCUT2D eigenvalue weighted by molar-refractivity contribution is 5.77. The second kappa shape index (κ2) is 6.59. The zero-order chi connectivity index (χ0) is 13.6. The molecule has 0 aromatic rings. The van der Waals surface area contributed by atoms with Crippen molar-refractivity contribution in [1.29, 1.82) is 0 Å². The van der Waals surface area contributed by atoms with Gasteiger partial charge in [0.1, 0.15) is 11.6 Å². The molecule has 1 atom stereocenters. The number of nitrogens with one attached hydrogen (secondary N) is 1. The van der Waals surface area contributed by atoms with E-state index in [2.05, 4.69) is 5.32 Å². The van der Waals surface area contributed by atoms with Gasteiger partial charge in [0.25, 0.3) is 0 Å². The van der Waals surface area contributed by atoms with Gasteiger partial charge in [-0.2, -0.15) is 0 Å². The fraction of sp³-hybridized carbons (Fsp3) is 0.833. The number of hydrogen-bond donors (Lipinski definition) is 1. The molecule has 0 aliphatic rings. The van der Waals surface area contributed by atoms with E-state index in [1.807, 2.05) is 20.8 Å². The maximum absolute atomic E-state index is 11.6. The van der Waals surface area contributed by atoms with E-state index >= 15 is 0 Å². The average Bonchev–Trinajstić information content (AvgIpc) is 2.14. The first-order valence-corrected chi connectivity index (χ1v) is 5.80. The lowest BCUT2D eigenvalue weighted by molar-refractivity contribution is -0.157. The van der Waals surface area contributed by atoms with Gasteiger partial charge in [0.05, 0.1) is 0 Å². The summed E-state index contributed by atoms with van der Waals surface area (Å²) in [6, 6.07) is -0.399. The molecule has 0 bridgehead atoms. The number of amides is 1. The van der Waals surface area contributed by atoms with Crippen molar-refractivity contribution in [2.24, 2.45) is 0 Å². The van der Waals surface area contributed by atoms with Gasteiger partial charge in [-0.25, -0.2) is 0 Å². The Bertz CT molecular complexity index is 269. The van der Waals surface area contributed by atoms with Crippen LogP contribution in [0.2, 0.25) is 0 Å². The molecule has 5 heteroatoms. The molecule has 1 amide bonds. The van der Waals surface area contributed by atoms with E-state index in [9.17, 15) is 9.59 Å². The minimum absolute atomic E-state index is 0.0360. The van der Waals surface area contributed by atoms with Gasteiger partial charge in [0.15, 0.2) is 0 Å². The van der Waals surface area contributed by atoms with Crippen molar-refractivity contribution in [2.45, 2.75) is 45.8 Å². The summed E-state index contributed by atoms with van der Waals surface area (Å²) in [7, 11) is 3.42. The van der Waals surface area contributed by atoms with E-state index in [0.717, 1.165) is 0 Å². The van der Waals surface area contributed by atoms with Crippen LogP contribution in [0, 0.1) is 0 Å². The molecule has 17 heavy (non-hydrogen) atoms. The highest BCUT2D eigenvalue weighted by Gasteiger charge is 2.21. The Kier molecular flexibility index (Phi) is 6.16. The van der Waals surface area contributed by atoms with Crippen molar-refractivity contribution in [3.8, 4) is 0 Å². The van der Waals surface area contributed by atoms with Gasteiger partial charge < -0.3 is 15.0 Å². The average molecular weight is 244 g/mol. The van der Waals surface area contributed by atoms with Crippen molar-refractivity contribution in [2.75, 3.05) is 20.6 Å². The third-order valence-electron chi connectivity index (χ3n) is 2.05. The molecule has 0 heterocycles. The molecule has 0 saturated carbocycles. The van der Waals surface area contributed by atoms with Gasteiger partial charge in [0, 0.05) is 27.1 Å². The molecular weight excluding hydrogens is 220 g/mol. The van der Waals surface area contributed by atoms with E-state index < -0.39 is 11.6 Å². The minimum atomic E-state index is -0.480. The Balaban J connectivity index is 3.91. The summed E-state index contributed by atoms with van der Waals surface area (Å²) in [6.07, 6.45) is 0.375. The third kappa shape index (κ3) is 7.74. The SMILES string of the molecule is CC(NCCC(=O)N(C)C)C(=O)OC(C)(C)C. The van der Waals surface area contributed by atoms with E-state index in [1.165, 1.54) is 4.90 Å². The van der Waals surface area contributed by atoms with Crippen LogP contribution in [-0.2, 0) is 14.3 Å². The van der Waals surface area contributed by atoms with Crippen molar-refractivity contribution in [1.82, 2.24) is 10.2 Å². The molecule has 0 spiro atoms. The van der Waals surface area contributed by atoms with Crippen LogP contribution in [0.4, 0.5) is 0 Å². The molecule has 0 aromatic carbocycles. The molecule has 0 saturated heterocycles. The van der Waals surface area contributed by atoms with Crippen molar-refractivity contribution in [3.63, 3.8) is 0 Å². The lowest BCUT2D eigenvalue weighted by Crippen LogP contribution is -2.40. The van der Waals surface area contributed by atoms with E-state index in [-0.39, 0.29) is 11.9 Å². The predicted molar refractivity (Wildman–Crippen MR) is 66.6 cm³/mol. The molecule has 0 rings (SSSR count). The number of hydrogen-bond acceptors (Lipinski definition) is 4. The topological polar surface area (TPSA) is 58.6 Å². The Hall–Kier alpha value is -1.10. The normalized spacial score (nSPS) is 13.1. The first kappa shape index (κ1) is 15.9. The zero-order valence-corrected chi connectivity index (χ0v) is 11.7. The van der Waals surface area contributed by atoms with E-state index in [0.29, 0.717) is 13.0 Å². The summed E-state index contributed by atoms with van der Waals surface area (Å²) < 4.78 is 5.21. The molecule has 0 aromatic heterocycles. The van der Waals surface area contributed by atoms with Crippen LogP contribution in [0.3, 0.4) is 0 Å². The number of nitrogens with zero attached hydrogens (tertiary/aromatic N) is 1. The smallest absolute Gasteiger partial charge is 0.323 e. The van der Waals surface area contributed by atoms with Gasteiger partial charge in [-0.3, -0.25) is 9.59 Å². The third-order valence-corrected chi connectivity index (χ3v) is 2.05. The Morgan fingerprint density at radius 3 is 2.24 bits per heavy atom. The highest BCUT2D eigenvalue weighted by atomic mass is 16.6. The summed E-state index contributed by atoms with van der Waals surface area (Å²) in [5.74, 6) is -0.260. The lowest BCUT2D eigenvalue weighted by Gasteiger charge is -2.22. The highest BCUT2D eigenvalue weighted by Crippen LogP contribution is 2.08. The molecule has 0 aliphatic heterocycles. The van der Waals surface area contributed by atoms with Crippen molar-refractivity contribution < 1.29 is 14.3 Å². The van der Waals surface area contributed by atoms with Crippen LogP contribution >= 0.6 is 0 Å². The summed E-state index contributed by atoms with van der Waals surface area (Å²) in [5.41, 5.74) is -0.480. The molecule has 0 aliphatic carbocycles. The van der Waals surface area contributed by atoms with Gasteiger partial charge in [-0.15, -0.1) is 0 Å². The van der Waals surface area contributed by atoms with Crippen LogP contribution in [0.1, 0.15) is 34.1 Å². The standard InChI is InChI=1S/C12H24N2O3/c1-9(11(16)17-12(2,3)4)13-8-7-10(15)14(5)6/h9,13H,7-8H2,1-6H3. The monoisotopic (exact) mass is 244 g/mol. The Morgan fingerprint density at radius 1 is 1.29 bits per heavy atom. The summed E-state index contributed by atoms with van der Waals surface area (Å²) >= 11 is 0. The van der Waals surface area contributed by atoms with E-state index in [1.54, 1.807) is 21.0 Å². The van der Waals surface area contributed by atoms with Gasteiger partial charge in [0.2, 0.25) is 5.91 Å². The van der Waals surface area contributed by atoms with E-state index in [4.69, 9.17) is 4.74 Å². The van der Waals surface area contributed by atoms with Gasteiger partial charge in [-0.1, -0.05) is 0 Å². The molecular formula is C12H24N2O3. The molecule has 100 valence electrons. The molecule has 1 unspecified atom stereocenters. The number of carbonyl (C=O) groups excluding carboxylic acids is 2. The molecule has 0 fully saturated rings. The van der Waals surface area contributed by atoms with Crippen molar-refractivity contribution in [3.05, 3.63) is 0 Å². The summed E-state index contributed by atoms with van der Waals surface area (Å²) in [5, 5.41) is 2.97. The second-order valence-electron chi connectivity index (χ2n) is 5.25. The number of rotatable bonds is 5. The first-order valence-electron chi connectivity index (χ1n) is 5.80. The van der Waals surface area contributed by atoms with Gasteiger partial charge in [-0.05, 0) is 27.7 Å². The van der Waals surface area contributed by atoms with Crippen LogP contribution in [-0.4, -0.2) is 49.1 Å². The fourth-order valence-corrected chi connectivity index (χ4v) is 1.09.